The van der Waals surface area contributed by atoms with Crippen molar-refractivity contribution < 1.29 is 4.39 Å². The summed E-state index contributed by atoms with van der Waals surface area (Å²) in [5.74, 6) is 0.551. The van der Waals surface area contributed by atoms with Crippen molar-refractivity contribution in [2.24, 2.45) is 4.99 Å². The molecular weight excluding hydrogens is 379 g/mol. The number of hydrogen-bond acceptors (Lipinski definition) is 3. The maximum absolute atomic E-state index is 13.9. The molecule has 1 heterocycles. The number of nitrogens with one attached hydrogen (secondary N) is 2. The summed E-state index contributed by atoms with van der Waals surface area (Å²) in [6.45, 7) is 1.92. The molecule has 0 saturated heterocycles. The van der Waals surface area contributed by atoms with Gasteiger partial charge in [-0.15, -0.1) is 0 Å². The molecule has 0 amide bonds. The molecule has 0 aliphatic carbocycles. The number of aromatic nitrogens is 2. The summed E-state index contributed by atoms with van der Waals surface area (Å²) in [4.78, 5) is 6.23. The smallest absolute Gasteiger partial charge is 0.191 e. The molecule has 3 rings (SSSR count). The second-order valence-corrected chi connectivity index (χ2v) is 7.38. The van der Waals surface area contributed by atoms with Crippen molar-refractivity contribution in [2.45, 2.75) is 19.5 Å². The fourth-order valence-electron chi connectivity index (χ4n) is 3.17. The number of aliphatic imine (C=N–C) groups is 1. The van der Waals surface area contributed by atoms with Crippen molar-refractivity contribution in [3.8, 4) is 5.69 Å². The van der Waals surface area contributed by atoms with Gasteiger partial charge in [-0.3, -0.25) is 4.99 Å². The number of hydrogen-bond donors (Lipinski definition) is 2. The summed E-state index contributed by atoms with van der Waals surface area (Å²) in [5.41, 5.74) is 3.99. The highest BCUT2D eigenvalue weighted by molar-refractivity contribution is 5.79. The van der Waals surface area contributed by atoms with Crippen LogP contribution >= 0.6 is 0 Å². The maximum atomic E-state index is 13.9. The third-order valence-corrected chi connectivity index (χ3v) is 4.69. The minimum Gasteiger partial charge on any atom is -0.356 e. The molecular formula is C23H29FN6. The highest BCUT2D eigenvalue weighted by Gasteiger charge is 2.06. The van der Waals surface area contributed by atoms with Crippen LogP contribution in [0.2, 0.25) is 0 Å². The zero-order chi connectivity index (χ0) is 21.3. The molecule has 2 aromatic carbocycles. The van der Waals surface area contributed by atoms with Crippen LogP contribution in [0.4, 0.5) is 4.39 Å². The van der Waals surface area contributed by atoms with Gasteiger partial charge in [-0.1, -0.05) is 18.2 Å². The van der Waals surface area contributed by atoms with Crippen LogP contribution in [0, 0.1) is 5.82 Å². The average Bonchev–Trinajstić information content (AvgIpc) is 3.27. The monoisotopic (exact) mass is 408 g/mol. The molecule has 30 heavy (non-hydrogen) atoms. The van der Waals surface area contributed by atoms with Crippen LogP contribution in [0.3, 0.4) is 0 Å². The van der Waals surface area contributed by atoms with E-state index in [4.69, 9.17) is 0 Å². The Hall–Kier alpha value is -3.19. The lowest BCUT2D eigenvalue weighted by atomic mass is 10.1. The van der Waals surface area contributed by atoms with E-state index in [9.17, 15) is 4.39 Å². The molecule has 1 aromatic heterocycles. The van der Waals surface area contributed by atoms with Gasteiger partial charge >= 0.3 is 0 Å². The molecule has 0 aliphatic rings. The van der Waals surface area contributed by atoms with Crippen molar-refractivity contribution in [1.82, 2.24) is 25.3 Å². The first-order valence-corrected chi connectivity index (χ1v) is 10.0. The largest absolute Gasteiger partial charge is 0.356 e. The zero-order valence-corrected chi connectivity index (χ0v) is 17.8. The van der Waals surface area contributed by atoms with Crippen LogP contribution in [0.25, 0.3) is 5.69 Å². The van der Waals surface area contributed by atoms with E-state index >= 15 is 0 Å². The lowest BCUT2D eigenvalue weighted by molar-refractivity contribution is 0.392. The Morgan fingerprint density at radius 3 is 2.53 bits per heavy atom. The Balaban J connectivity index is 1.47. The van der Waals surface area contributed by atoms with E-state index in [1.807, 2.05) is 42.0 Å². The van der Waals surface area contributed by atoms with E-state index < -0.39 is 0 Å². The predicted molar refractivity (Wildman–Crippen MR) is 119 cm³/mol. The average molecular weight is 409 g/mol. The van der Waals surface area contributed by atoms with E-state index in [1.165, 1.54) is 11.6 Å². The van der Waals surface area contributed by atoms with Gasteiger partial charge in [0.05, 0.1) is 5.69 Å². The summed E-state index contributed by atoms with van der Waals surface area (Å²) < 4.78 is 15.8. The molecule has 0 fully saturated rings. The van der Waals surface area contributed by atoms with E-state index in [0.29, 0.717) is 18.7 Å². The second kappa shape index (κ2) is 10.5. The van der Waals surface area contributed by atoms with E-state index in [2.05, 4.69) is 45.0 Å². The van der Waals surface area contributed by atoms with E-state index in [-0.39, 0.29) is 5.82 Å². The Labute approximate surface area is 177 Å². The quantitative estimate of drug-likeness (QED) is 0.444. The standard InChI is InChI=1S/C23H29FN6/c1-25-23(27-16-19-7-10-22(24)20(15-19)17-29(2)3)26-13-11-18-5-8-21(9-6-18)30-14-4-12-28-30/h4-10,12,14-15H,11,13,16-17H2,1-3H3,(H2,25,26,27). The highest BCUT2D eigenvalue weighted by atomic mass is 19.1. The number of guanidine groups is 1. The number of rotatable bonds is 8. The molecule has 6 nitrogen and oxygen atoms in total. The van der Waals surface area contributed by atoms with Crippen LogP contribution < -0.4 is 10.6 Å². The van der Waals surface area contributed by atoms with Gasteiger partial charge in [0.15, 0.2) is 5.96 Å². The van der Waals surface area contributed by atoms with Gasteiger partial charge in [0.25, 0.3) is 0 Å². The molecule has 0 radical (unpaired) electrons. The first-order chi connectivity index (χ1) is 14.5. The van der Waals surface area contributed by atoms with E-state index in [1.54, 1.807) is 19.3 Å². The van der Waals surface area contributed by atoms with Crippen LogP contribution in [0.15, 0.2) is 65.9 Å². The number of nitrogens with zero attached hydrogens (tertiary/aromatic N) is 4. The third-order valence-electron chi connectivity index (χ3n) is 4.69. The van der Waals surface area contributed by atoms with Crippen LogP contribution in [-0.4, -0.2) is 48.3 Å². The minimum absolute atomic E-state index is 0.173. The molecule has 0 saturated carbocycles. The minimum atomic E-state index is -0.173. The lowest BCUT2D eigenvalue weighted by Crippen LogP contribution is -2.37. The van der Waals surface area contributed by atoms with Gasteiger partial charge < -0.3 is 15.5 Å². The summed E-state index contributed by atoms with van der Waals surface area (Å²) in [6.07, 6.45) is 4.58. The fraction of sp³-hybridized carbons (Fsp3) is 0.304. The Morgan fingerprint density at radius 2 is 1.87 bits per heavy atom. The Morgan fingerprint density at radius 1 is 1.10 bits per heavy atom. The maximum Gasteiger partial charge on any atom is 0.191 e. The van der Waals surface area contributed by atoms with Crippen molar-refractivity contribution >= 4 is 5.96 Å². The molecule has 0 unspecified atom stereocenters. The molecule has 0 atom stereocenters. The second-order valence-electron chi connectivity index (χ2n) is 7.38. The molecule has 158 valence electrons. The Kier molecular flexibility index (Phi) is 7.57. The SMILES string of the molecule is CN=C(NCCc1ccc(-n2cccn2)cc1)NCc1ccc(F)c(CN(C)C)c1. The lowest BCUT2D eigenvalue weighted by Gasteiger charge is -2.14. The summed E-state index contributed by atoms with van der Waals surface area (Å²) >= 11 is 0. The normalized spacial score (nSPS) is 11.7. The molecule has 7 heteroatoms. The van der Waals surface area contributed by atoms with Gasteiger partial charge in [-0.05, 0) is 62.0 Å². The summed E-state index contributed by atoms with van der Waals surface area (Å²) in [7, 11) is 5.61. The zero-order valence-electron chi connectivity index (χ0n) is 17.8. The highest BCUT2D eigenvalue weighted by Crippen LogP contribution is 2.12. The van der Waals surface area contributed by atoms with Gasteiger partial charge in [0.1, 0.15) is 5.82 Å². The van der Waals surface area contributed by atoms with Gasteiger partial charge in [0.2, 0.25) is 0 Å². The topological polar surface area (TPSA) is 57.5 Å². The summed E-state index contributed by atoms with van der Waals surface area (Å²) in [5, 5.41) is 10.9. The predicted octanol–water partition coefficient (Wildman–Crippen LogP) is 2.98. The van der Waals surface area contributed by atoms with Crippen LogP contribution in [0.5, 0.6) is 0 Å². The Bertz CT molecular complexity index is 948. The van der Waals surface area contributed by atoms with E-state index in [0.717, 1.165) is 30.2 Å². The fourth-order valence-corrected chi connectivity index (χ4v) is 3.17. The van der Waals surface area contributed by atoms with Crippen molar-refractivity contribution in [3.05, 3.63) is 83.4 Å². The first kappa shape index (κ1) is 21.5. The third kappa shape index (κ3) is 6.15. The van der Waals surface area contributed by atoms with Gasteiger partial charge in [-0.2, -0.15) is 5.10 Å². The molecule has 0 bridgehead atoms. The summed E-state index contributed by atoms with van der Waals surface area (Å²) in [6, 6.07) is 15.5. The van der Waals surface area contributed by atoms with Crippen molar-refractivity contribution in [2.75, 3.05) is 27.7 Å². The molecule has 3 aromatic rings. The number of benzene rings is 2. The van der Waals surface area contributed by atoms with Crippen LogP contribution in [-0.2, 0) is 19.5 Å². The number of halogens is 1. The van der Waals surface area contributed by atoms with Crippen molar-refractivity contribution in [3.63, 3.8) is 0 Å². The molecule has 0 aliphatic heterocycles. The van der Waals surface area contributed by atoms with Gasteiger partial charge in [-0.25, -0.2) is 9.07 Å². The molecule has 2 N–H and O–H groups in total. The molecule has 0 spiro atoms. The van der Waals surface area contributed by atoms with Gasteiger partial charge in [0, 0.05) is 44.6 Å². The first-order valence-electron chi connectivity index (χ1n) is 10.0. The van der Waals surface area contributed by atoms with Crippen LogP contribution in [0.1, 0.15) is 16.7 Å². The van der Waals surface area contributed by atoms with Crippen molar-refractivity contribution in [1.29, 1.82) is 0 Å².